The first-order valence-electron chi connectivity index (χ1n) is 5.15. The van der Waals surface area contributed by atoms with Crippen LogP contribution in [0.1, 0.15) is 19.5 Å². The molecule has 0 fully saturated rings. The Labute approximate surface area is 89.4 Å². The molecule has 5 heteroatoms. The summed E-state index contributed by atoms with van der Waals surface area (Å²) in [5.74, 6) is 0.114. The van der Waals surface area contributed by atoms with E-state index in [2.05, 4.69) is 15.0 Å². The molecule has 84 valence electrons. The molecular weight excluding hydrogens is 194 g/mol. The van der Waals surface area contributed by atoms with Gasteiger partial charge in [-0.25, -0.2) is 0 Å². The summed E-state index contributed by atoms with van der Waals surface area (Å²) in [6.45, 7) is 6.35. The van der Waals surface area contributed by atoms with Gasteiger partial charge in [-0.1, -0.05) is 5.16 Å². The molecule has 0 aliphatic carbocycles. The van der Waals surface area contributed by atoms with Crippen molar-refractivity contribution in [3.8, 4) is 0 Å². The van der Waals surface area contributed by atoms with Crippen molar-refractivity contribution >= 4 is 5.91 Å². The summed E-state index contributed by atoms with van der Waals surface area (Å²) in [5.41, 5.74) is 0.808. The van der Waals surface area contributed by atoms with Gasteiger partial charge >= 0.3 is 0 Å². The van der Waals surface area contributed by atoms with Crippen LogP contribution in [0.25, 0.3) is 0 Å². The van der Waals surface area contributed by atoms with Gasteiger partial charge in [0.15, 0.2) is 0 Å². The number of carbonyl (C=O) groups is 1. The number of hydrogen-bond donors (Lipinski definition) is 1. The molecular formula is C10H17N3O2. The highest BCUT2D eigenvalue weighted by Crippen LogP contribution is 1.93. The zero-order chi connectivity index (χ0) is 11.1. The largest absolute Gasteiger partial charge is 0.364 e. The molecule has 0 saturated heterocycles. The average Bonchev–Trinajstić information content (AvgIpc) is 2.72. The zero-order valence-electron chi connectivity index (χ0n) is 9.19. The standard InChI is InChI=1S/C10H17N3O2/c1-3-13(4-2)10(14)8-11-7-9-5-6-15-12-9/h5-6,11H,3-4,7-8H2,1-2H3. The summed E-state index contributed by atoms with van der Waals surface area (Å²) in [4.78, 5) is 13.3. The van der Waals surface area contributed by atoms with Crippen LogP contribution in [0.15, 0.2) is 16.9 Å². The molecule has 0 atom stereocenters. The van der Waals surface area contributed by atoms with Gasteiger partial charge in [-0.3, -0.25) is 4.79 Å². The third kappa shape index (κ3) is 3.71. The number of likely N-dealkylation sites (N-methyl/N-ethyl adjacent to an activating group) is 1. The predicted molar refractivity (Wildman–Crippen MR) is 56.1 cm³/mol. The topological polar surface area (TPSA) is 58.4 Å². The van der Waals surface area contributed by atoms with E-state index >= 15 is 0 Å². The second-order valence-corrected chi connectivity index (χ2v) is 3.16. The maximum Gasteiger partial charge on any atom is 0.236 e. The van der Waals surface area contributed by atoms with E-state index in [1.165, 1.54) is 6.26 Å². The maximum atomic E-state index is 11.6. The van der Waals surface area contributed by atoms with E-state index < -0.39 is 0 Å². The molecule has 0 unspecified atom stereocenters. The third-order valence-corrected chi connectivity index (χ3v) is 2.19. The summed E-state index contributed by atoms with van der Waals surface area (Å²) >= 11 is 0. The Morgan fingerprint density at radius 1 is 1.53 bits per heavy atom. The lowest BCUT2D eigenvalue weighted by Gasteiger charge is -2.18. The van der Waals surface area contributed by atoms with E-state index in [-0.39, 0.29) is 5.91 Å². The summed E-state index contributed by atoms with van der Waals surface area (Å²) in [7, 11) is 0. The van der Waals surface area contributed by atoms with Crippen molar-refractivity contribution in [3.05, 3.63) is 18.0 Å². The molecule has 0 bridgehead atoms. The van der Waals surface area contributed by atoms with Gasteiger partial charge in [0.25, 0.3) is 0 Å². The van der Waals surface area contributed by atoms with Crippen LogP contribution in [-0.4, -0.2) is 35.6 Å². The molecule has 0 aliphatic rings. The quantitative estimate of drug-likeness (QED) is 0.750. The summed E-state index contributed by atoms with van der Waals surface area (Å²) in [5, 5.41) is 6.76. The van der Waals surface area contributed by atoms with Gasteiger partial charge in [0.05, 0.1) is 12.2 Å². The lowest BCUT2D eigenvalue weighted by atomic mass is 10.4. The van der Waals surface area contributed by atoms with Crippen LogP contribution in [0.2, 0.25) is 0 Å². The number of carbonyl (C=O) groups excluding carboxylic acids is 1. The molecule has 0 radical (unpaired) electrons. The summed E-state index contributed by atoms with van der Waals surface area (Å²) in [6.07, 6.45) is 1.52. The molecule has 1 N–H and O–H groups in total. The van der Waals surface area contributed by atoms with Crippen LogP contribution in [0, 0.1) is 0 Å². The lowest BCUT2D eigenvalue weighted by molar-refractivity contribution is -0.129. The minimum Gasteiger partial charge on any atom is -0.364 e. The van der Waals surface area contributed by atoms with E-state index in [1.54, 1.807) is 11.0 Å². The van der Waals surface area contributed by atoms with Gasteiger partial charge in [-0.05, 0) is 13.8 Å². The third-order valence-electron chi connectivity index (χ3n) is 2.19. The molecule has 1 rings (SSSR count). The van der Waals surface area contributed by atoms with Gasteiger partial charge < -0.3 is 14.7 Å². The van der Waals surface area contributed by atoms with Crippen LogP contribution < -0.4 is 5.32 Å². The Morgan fingerprint density at radius 3 is 2.80 bits per heavy atom. The van der Waals surface area contributed by atoms with Gasteiger partial charge in [0.2, 0.25) is 5.91 Å². The molecule has 1 aromatic rings. The Balaban J connectivity index is 2.22. The van der Waals surface area contributed by atoms with Crippen LogP contribution in [0.5, 0.6) is 0 Å². The minimum absolute atomic E-state index is 0.114. The van der Waals surface area contributed by atoms with Crippen LogP contribution >= 0.6 is 0 Å². The second-order valence-electron chi connectivity index (χ2n) is 3.16. The predicted octanol–water partition coefficient (Wildman–Crippen LogP) is 0.633. The molecule has 1 amide bonds. The first-order valence-corrected chi connectivity index (χ1v) is 5.15. The highest BCUT2D eigenvalue weighted by molar-refractivity contribution is 5.78. The van der Waals surface area contributed by atoms with E-state index in [0.717, 1.165) is 18.8 Å². The molecule has 1 aromatic heterocycles. The van der Waals surface area contributed by atoms with E-state index in [1.807, 2.05) is 13.8 Å². The highest BCUT2D eigenvalue weighted by Gasteiger charge is 2.08. The van der Waals surface area contributed by atoms with Crippen molar-refractivity contribution in [2.75, 3.05) is 19.6 Å². The smallest absolute Gasteiger partial charge is 0.236 e. The van der Waals surface area contributed by atoms with Crippen LogP contribution in [0.3, 0.4) is 0 Å². The number of aromatic nitrogens is 1. The number of amides is 1. The molecule has 5 nitrogen and oxygen atoms in total. The Bertz CT molecular complexity index is 281. The van der Waals surface area contributed by atoms with E-state index in [4.69, 9.17) is 0 Å². The van der Waals surface area contributed by atoms with Crippen LogP contribution in [0.4, 0.5) is 0 Å². The van der Waals surface area contributed by atoms with Crippen molar-refractivity contribution < 1.29 is 9.32 Å². The molecule has 1 heterocycles. The first-order chi connectivity index (χ1) is 7.27. The van der Waals surface area contributed by atoms with Gasteiger partial charge in [-0.15, -0.1) is 0 Å². The van der Waals surface area contributed by atoms with Crippen molar-refractivity contribution in [2.45, 2.75) is 20.4 Å². The van der Waals surface area contributed by atoms with E-state index in [0.29, 0.717) is 13.1 Å². The fraction of sp³-hybridized carbons (Fsp3) is 0.600. The molecule has 0 aliphatic heterocycles. The van der Waals surface area contributed by atoms with Crippen molar-refractivity contribution in [1.82, 2.24) is 15.4 Å². The number of hydrogen-bond acceptors (Lipinski definition) is 4. The molecule has 0 aromatic carbocycles. The SMILES string of the molecule is CCN(CC)C(=O)CNCc1ccon1. The number of nitrogens with one attached hydrogen (secondary N) is 1. The fourth-order valence-electron chi connectivity index (χ4n) is 1.31. The Hall–Kier alpha value is -1.36. The summed E-state index contributed by atoms with van der Waals surface area (Å²) < 4.78 is 4.68. The van der Waals surface area contributed by atoms with Gasteiger partial charge in [0, 0.05) is 25.7 Å². The van der Waals surface area contributed by atoms with Gasteiger partial charge in [-0.2, -0.15) is 0 Å². The maximum absolute atomic E-state index is 11.6. The first kappa shape index (κ1) is 11.7. The summed E-state index contributed by atoms with van der Waals surface area (Å²) in [6, 6.07) is 1.77. The lowest BCUT2D eigenvalue weighted by Crippen LogP contribution is -2.37. The molecule has 0 spiro atoms. The monoisotopic (exact) mass is 211 g/mol. The number of rotatable bonds is 6. The van der Waals surface area contributed by atoms with E-state index in [9.17, 15) is 4.79 Å². The fourth-order valence-corrected chi connectivity index (χ4v) is 1.31. The van der Waals surface area contributed by atoms with Crippen molar-refractivity contribution in [2.24, 2.45) is 0 Å². The Morgan fingerprint density at radius 2 is 2.27 bits per heavy atom. The Kier molecular flexibility index (Phi) is 4.83. The van der Waals surface area contributed by atoms with Gasteiger partial charge in [0.1, 0.15) is 6.26 Å². The van der Waals surface area contributed by atoms with Crippen LogP contribution in [-0.2, 0) is 11.3 Å². The normalized spacial score (nSPS) is 10.3. The van der Waals surface area contributed by atoms with Crippen molar-refractivity contribution in [3.63, 3.8) is 0 Å². The minimum atomic E-state index is 0.114. The van der Waals surface area contributed by atoms with Crippen molar-refractivity contribution in [1.29, 1.82) is 0 Å². The highest BCUT2D eigenvalue weighted by atomic mass is 16.5. The average molecular weight is 211 g/mol. The molecule has 0 saturated carbocycles. The number of nitrogens with zero attached hydrogens (tertiary/aromatic N) is 2. The zero-order valence-corrected chi connectivity index (χ0v) is 9.19. The molecule has 15 heavy (non-hydrogen) atoms. The second kappa shape index (κ2) is 6.19.